The number of carbonyl (C=O) groups is 2. The molecule has 0 aliphatic carbocycles. The van der Waals surface area contributed by atoms with Gasteiger partial charge in [-0.25, -0.2) is 4.79 Å². The number of rotatable bonds is 5. The predicted molar refractivity (Wildman–Crippen MR) is 76.1 cm³/mol. The second-order valence-corrected chi connectivity index (χ2v) is 5.20. The number of thioether (sulfide) groups is 1. The first-order valence-electron chi connectivity index (χ1n) is 5.86. The Bertz CT molecular complexity index is 625. The van der Waals surface area contributed by atoms with Crippen LogP contribution in [0.15, 0.2) is 59.5 Å². The van der Waals surface area contributed by atoms with Crippen molar-refractivity contribution in [3.05, 3.63) is 65.7 Å². The summed E-state index contributed by atoms with van der Waals surface area (Å²) < 4.78 is 0. The molecule has 102 valence electrons. The Labute approximate surface area is 120 Å². The van der Waals surface area contributed by atoms with Gasteiger partial charge in [-0.2, -0.15) is 0 Å². The molecule has 0 aliphatic rings. The lowest BCUT2D eigenvalue weighted by Crippen LogP contribution is -2.09. The van der Waals surface area contributed by atoms with Crippen LogP contribution in [0.1, 0.15) is 21.2 Å². The van der Waals surface area contributed by atoms with Crippen molar-refractivity contribution >= 4 is 23.7 Å². The van der Waals surface area contributed by atoms with Gasteiger partial charge in [-0.3, -0.25) is 4.79 Å². The zero-order valence-electron chi connectivity index (χ0n) is 10.4. The van der Waals surface area contributed by atoms with Gasteiger partial charge >= 0.3 is 11.9 Å². The highest BCUT2D eigenvalue weighted by Crippen LogP contribution is 2.37. The molecule has 0 unspecified atom stereocenters. The molecule has 0 saturated heterocycles. The van der Waals surface area contributed by atoms with Crippen molar-refractivity contribution in [2.45, 2.75) is 10.1 Å². The first kappa shape index (κ1) is 14.1. The van der Waals surface area contributed by atoms with Crippen LogP contribution in [0.3, 0.4) is 0 Å². The minimum Gasteiger partial charge on any atom is -0.480 e. The second-order valence-electron chi connectivity index (χ2n) is 4.05. The van der Waals surface area contributed by atoms with E-state index in [9.17, 15) is 14.7 Å². The summed E-state index contributed by atoms with van der Waals surface area (Å²) in [5.41, 5.74) is 0.741. The van der Waals surface area contributed by atoms with Crippen LogP contribution in [0, 0.1) is 0 Å². The van der Waals surface area contributed by atoms with Crippen molar-refractivity contribution in [3.63, 3.8) is 0 Å². The fraction of sp³-hybridized carbons (Fsp3) is 0.0667. The Morgan fingerprint density at radius 2 is 1.50 bits per heavy atom. The molecular formula is C15H12O4S. The molecular weight excluding hydrogens is 276 g/mol. The third kappa shape index (κ3) is 3.19. The van der Waals surface area contributed by atoms with Crippen LogP contribution >= 0.6 is 11.8 Å². The van der Waals surface area contributed by atoms with Crippen LogP contribution in [-0.2, 0) is 4.79 Å². The normalized spacial score (nSPS) is 11.8. The van der Waals surface area contributed by atoms with Crippen LogP contribution in [0.5, 0.6) is 0 Å². The molecule has 0 radical (unpaired) electrons. The molecule has 20 heavy (non-hydrogen) atoms. The molecule has 0 fully saturated rings. The van der Waals surface area contributed by atoms with Crippen LogP contribution in [-0.4, -0.2) is 22.2 Å². The number of carboxylic acids is 2. The molecule has 2 N–H and O–H groups in total. The fourth-order valence-corrected chi connectivity index (χ4v) is 2.85. The van der Waals surface area contributed by atoms with Gasteiger partial charge in [0.1, 0.15) is 5.25 Å². The van der Waals surface area contributed by atoms with Gasteiger partial charge in [0.05, 0.1) is 5.56 Å². The van der Waals surface area contributed by atoms with E-state index in [1.54, 1.807) is 48.5 Å². The van der Waals surface area contributed by atoms with Crippen molar-refractivity contribution < 1.29 is 19.8 Å². The molecule has 0 amide bonds. The maximum atomic E-state index is 11.4. The summed E-state index contributed by atoms with van der Waals surface area (Å²) in [5.74, 6) is -2.06. The van der Waals surface area contributed by atoms with Gasteiger partial charge in [-0.15, -0.1) is 11.8 Å². The van der Waals surface area contributed by atoms with E-state index in [2.05, 4.69) is 0 Å². The lowest BCUT2D eigenvalue weighted by Gasteiger charge is -2.13. The maximum absolute atomic E-state index is 11.4. The van der Waals surface area contributed by atoms with Crippen molar-refractivity contribution in [2.24, 2.45) is 0 Å². The van der Waals surface area contributed by atoms with Crippen molar-refractivity contribution in [2.75, 3.05) is 0 Å². The van der Waals surface area contributed by atoms with Crippen LogP contribution in [0.4, 0.5) is 0 Å². The van der Waals surface area contributed by atoms with E-state index in [-0.39, 0.29) is 5.56 Å². The fourth-order valence-electron chi connectivity index (χ4n) is 1.76. The Balaban J connectivity index is 2.35. The van der Waals surface area contributed by atoms with E-state index in [0.717, 1.165) is 11.8 Å². The smallest absolute Gasteiger partial charge is 0.336 e. The van der Waals surface area contributed by atoms with Crippen molar-refractivity contribution in [1.29, 1.82) is 0 Å². The lowest BCUT2D eigenvalue weighted by molar-refractivity contribution is -0.136. The van der Waals surface area contributed by atoms with Gasteiger partial charge in [0.2, 0.25) is 0 Å². The van der Waals surface area contributed by atoms with E-state index >= 15 is 0 Å². The number of aromatic carboxylic acids is 1. The van der Waals surface area contributed by atoms with Gasteiger partial charge in [-0.05, 0) is 17.7 Å². The van der Waals surface area contributed by atoms with Gasteiger partial charge in [0.25, 0.3) is 0 Å². The minimum atomic E-state index is -1.06. The minimum absolute atomic E-state index is 0.111. The molecule has 5 heteroatoms. The average Bonchev–Trinajstić information content (AvgIpc) is 2.45. The van der Waals surface area contributed by atoms with Gasteiger partial charge in [0.15, 0.2) is 0 Å². The zero-order chi connectivity index (χ0) is 14.5. The number of carboxylic acid groups (broad SMARTS) is 2. The molecule has 0 spiro atoms. The highest BCUT2D eigenvalue weighted by Gasteiger charge is 2.23. The van der Waals surface area contributed by atoms with E-state index in [0.29, 0.717) is 10.5 Å². The summed E-state index contributed by atoms with van der Waals surface area (Å²) in [4.78, 5) is 23.0. The largest absolute Gasteiger partial charge is 0.480 e. The third-order valence-electron chi connectivity index (χ3n) is 2.69. The van der Waals surface area contributed by atoms with E-state index in [1.165, 1.54) is 6.07 Å². The third-order valence-corrected chi connectivity index (χ3v) is 4.01. The van der Waals surface area contributed by atoms with Crippen molar-refractivity contribution in [3.8, 4) is 0 Å². The van der Waals surface area contributed by atoms with Gasteiger partial charge < -0.3 is 10.2 Å². The Hall–Kier alpha value is -2.27. The molecule has 0 saturated carbocycles. The molecule has 2 aromatic carbocycles. The summed E-state index contributed by atoms with van der Waals surface area (Å²) in [6.45, 7) is 0. The maximum Gasteiger partial charge on any atom is 0.336 e. The summed E-state index contributed by atoms with van der Waals surface area (Å²) in [6.07, 6.45) is 0. The first-order chi connectivity index (χ1) is 9.59. The summed E-state index contributed by atoms with van der Waals surface area (Å²) in [7, 11) is 0. The second kappa shape index (κ2) is 6.25. The molecule has 0 aromatic heterocycles. The van der Waals surface area contributed by atoms with Gasteiger partial charge in [0, 0.05) is 4.90 Å². The lowest BCUT2D eigenvalue weighted by atomic mass is 10.1. The predicted octanol–water partition coefficient (Wildman–Crippen LogP) is 3.30. The Kier molecular flexibility index (Phi) is 4.42. The van der Waals surface area contributed by atoms with Crippen molar-refractivity contribution in [1.82, 2.24) is 0 Å². The van der Waals surface area contributed by atoms with Gasteiger partial charge in [-0.1, -0.05) is 42.5 Å². The standard InChI is InChI=1S/C15H12O4S/c16-14(17)11-8-4-5-9-12(11)20-13(15(18)19)10-6-2-1-3-7-10/h1-9,13H,(H,16,17)(H,18,19)/t13-/m0/s1. The van der Waals surface area contributed by atoms with Crippen LogP contribution in [0.2, 0.25) is 0 Å². The van der Waals surface area contributed by atoms with E-state index in [4.69, 9.17) is 5.11 Å². The summed E-state index contributed by atoms with van der Waals surface area (Å²) in [6, 6.07) is 15.2. The number of aliphatic carboxylic acids is 1. The molecule has 4 nitrogen and oxygen atoms in total. The summed E-state index contributed by atoms with van der Waals surface area (Å²) in [5, 5.41) is 17.6. The number of hydrogen-bond donors (Lipinski definition) is 2. The number of hydrogen-bond acceptors (Lipinski definition) is 3. The summed E-state index contributed by atoms with van der Waals surface area (Å²) >= 11 is 1.02. The number of benzene rings is 2. The average molecular weight is 288 g/mol. The molecule has 0 aliphatic heterocycles. The van der Waals surface area contributed by atoms with E-state index in [1.807, 2.05) is 0 Å². The highest BCUT2D eigenvalue weighted by atomic mass is 32.2. The molecule has 2 rings (SSSR count). The molecule has 0 heterocycles. The molecule has 2 aromatic rings. The zero-order valence-corrected chi connectivity index (χ0v) is 11.2. The Morgan fingerprint density at radius 1 is 0.900 bits per heavy atom. The quantitative estimate of drug-likeness (QED) is 0.826. The van der Waals surface area contributed by atoms with Crippen LogP contribution < -0.4 is 0 Å². The topological polar surface area (TPSA) is 74.6 Å². The molecule has 1 atom stereocenters. The first-order valence-corrected chi connectivity index (χ1v) is 6.74. The van der Waals surface area contributed by atoms with E-state index < -0.39 is 17.2 Å². The Morgan fingerprint density at radius 3 is 2.10 bits per heavy atom. The van der Waals surface area contributed by atoms with Crippen LogP contribution in [0.25, 0.3) is 0 Å². The monoisotopic (exact) mass is 288 g/mol. The highest BCUT2D eigenvalue weighted by molar-refractivity contribution is 8.00. The molecule has 0 bridgehead atoms. The SMILES string of the molecule is O=C(O)c1ccccc1S[C@H](C(=O)O)c1ccccc1.